The van der Waals surface area contributed by atoms with Crippen molar-refractivity contribution in [3.05, 3.63) is 47.3 Å². The summed E-state index contributed by atoms with van der Waals surface area (Å²) >= 11 is 6.56. The number of carbonyl (C=O) groups excluding carboxylic acids is 2. The van der Waals surface area contributed by atoms with Gasteiger partial charge >= 0.3 is 0 Å². The molecule has 0 aliphatic heterocycles. The van der Waals surface area contributed by atoms with Gasteiger partial charge < -0.3 is 26.5 Å². The summed E-state index contributed by atoms with van der Waals surface area (Å²) in [7, 11) is 1.78. The average Bonchev–Trinajstić information content (AvgIpc) is 3.45. The highest BCUT2D eigenvalue weighted by atomic mass is 35.5. The number of aliphatic hydroxyl groups is 1. The predicted octanol–water partition coefficient (Wildman–Crippen LogP) is 2.54. The Bertz CT molecular complexity index is 847. The molecule has 2 amide bonds. The average molecular weight is 449 g/mol. The summed E-state index contributed by atoms with van der Waals surface area (Å²) in [6.07, 6.45) is 8.03. The lowest BCUT2D eigenvalue weighted by atomic mass is 9.89. The van der Waals surface area contributed by atoms with Crippen molar-refractivity contribution in [3.63, 3.8) is 0 Å². The Morgan fingerprint density at radius 3 is 2.58 bits per heavy atom. The summed E-state index contributed by atoms with van der Waals surface area (Å²) in [5.41, 5.74) is 1.47. The van der Waals surface area contributed by atoms with Gasteiger partial charge in [0.2, 0.25) is 5.91 Å². The summed E-state index contributed by atoms with van der Waals surface area (Å²) in [4.78, 5) is 24.3. The van der Waals surface area contributed by atoms with Gasteiger partial charge in [0.25, 0.3) is 5.91 Å². The number of rotatable bonds is 10. The molecule has 5 N–H and O–H groups in total. The standard InChI is InChI=1S/C23H33ClN4O3/c1-6-15(13-27-21(30)23(31)7-8-23)11-17(22(3,4)24)20(29)28-19-10-14(2)9-18(26-5)16(19)12-25/h6,9,11-12,14,17,25-26,31H,1,7-8,10,13H2,2-5H3,(H,27,30)(H,28,29)/b15-11+,25-12?. The van der Waals surface area contributed by atoms with Crippen molar-refractivity contribution in [1.29, 1.82) is 5.41 Å². The van der Waals surface area contributed by atoms with Crippen LogP contribution in [0.1, 0.15) is 40.0 Å². The van der Waals surface area contributed by atoms with Crippen LogP contribution in [0, 0.1) is 17.2 Å². The van der Waals surface area contributed by atoms with E-state index in [-0.39, 0.29) is 18.4 Å². The Balaban J connectivity index is 2.23. The van der Waals surface area contributed by atoms with Crippen LogP contribution < -0.4 is 16.0 Å². The number of hydrogen-bond donors (Lipinski definition) is 5. The van der Waals surface area contributed by atoms with Crippen molar-refractivity contribution < 1.29 is 14.7 Å². The topological polar surface area (TPSA) is 114 Å². The van der Waals surface area contributed by atoms with E-state index in [1.54, 1.807) is 33.0 Å². The van der Waals surface area contributed by atoms with Crippen LogP contribution in [0.2, 0.25) is 0 Å². The molecule has 0 bridgehead atoms. The Hall–Kier alpha value is -2.38. The fraction of sp³-hybridized carbons (Fsp3) is 0.522. The second-order valence-electron chi connectivity index (χ2n) is 8.74. The molecule has 0 radical (unpaired) electrons. The zero-order valence-electron chi connectivity index (χ0n) is 18.6. The van der Waals surface area contributed by atoms with E-state index in [4.69, 9.17) is 17.0 Å². The summed E-state index contributed by atoms with van der Waals surface area (Å²) in [6.45, 7) is 9.44. The highest BCUT2D eigenvalue weighted by molar-refractivity contribution is 6.25. The SMILES string of the molecule is C=C/C(=C\C(C(=O)NC1=C(C=N)C(NC)=CC(C)C1)C(C)(C)Cl)CNC(=O)C1(O)CC1. The van der Waals surface area contributed by atoms with E-state index in [1.165, 1.54) is 6.21 Å². The molecule has 2 atom stereocenters. The molecule has 0 aromatic rings. The molecule has 2 aliphatic carbocycles. The van der Waals surface area contributed by atoms with Crippen LogP contribution in [0.4, 0.5) is 0 Å². The van der Waals surface area contributed by atoms with Gasteiger partial charge in [0.15, 0.2) is 0 Å². The summed E-state index contributed by atoms with van der Waals surface area (Å²) in [5.74, 6) is -1.24. The van der Waals surface area contributed by atoms with E-state index >= 15 is 0 Å². The third-order valence-electron chi connectivity index (χ3n) is 5.54. The third-order valence-corrected chi connectivity index (χ3v) is 5.78. The van der Waals surface area contributed by atoms with Crippen LogP contribution in [0.5, 0.6) is 0 Å². The fourth-order valence-corrected chi connectivity index (χ4v) is 3.61. The quantitative estimate of drug-likeness (QED) is 0.201. The Morgan fingerprint density at radius 1 is 1.45 bits per heavy atom. The molecule has 170 valence electrons. The molecular weight excluding hydrogens is 416 g/mol. The van der Waals surface area contributed by atoms with Gasteiger partial charge in [-0.1, -0.05) is 31.7 Å². The minimum absolute atomic E-state index is 0.138. The van der Waals surface area contributed by atoms with Gasteiger partial charge in [-0.15, -0.1) is 11.6 Å². The van der Waals surface area contributed by atoms with E-state index in [0.717, 1.165) is 5.70 Å². The first-order valence-corrected chi connectivity index (χ1v) is 10.8. The van der Waals surface area contributed by atoms with Crippen LogP contribution >= 0.6 is 11.6 Å². The smallest absolute Gasteiger partial charge is 0.252 e. The Labute approximate surface area is 189 Å². The van der Waals surface area contributed by atoms with E-state index in [0.29, 0.717) is 36.1 Å². The van der Waals surface area contributed by atoms with Crippen molar-refractivity contribution in [2.24, 2.45) is 11.8 Å². The molecular formula is C23H33ClN4O3. The minimum atomic E-state index is -1.26. The first-order chi connectivity index (χ1) is 14.4. The Morgan fingerprint density at radius 2 is 2.10 bits per heavy atom. The van der Waals surface area contributed by atoms with Gasteiger partial charge in [-0.3, -0.25) is 9.59 Å². The van der Waals surface area contributed by atoms with Crippen molar-refractivity contribution >= 4 is 29.6 Å². The summed E-state index contributed by atoms with van der Waals surface area (Å²) in [5, 5.41) is 26.4. The number of likely N-dealkylation sites (N-methyl/N-ethyl adjacent to an activating group) is 1. The fourth-order valence-electron chi connectivity index (χ4n) is 3.45. The van der Waals surface area contributed by atoms with Crippen LogP contribution in [-0.4, -0.2) is 47.2 Å². The molecule has 0 heterocycles. The van der Waals surface area contributed by atoms with Crippen molar-refractivity contribution in [2.45, 2.75) is 50.5 Å². The lowest BCUT2D eigenvalue weighted by molar-refractivity contribution is -0.131. The molecule has 0 spiro atoms. The molecule has 0 aromatic heterocycles. The first-order valence-electron chi connectivity index (χ1n) is 10.4. The number of nitrogens with one attached hydrogen (secondary N) is 4. The zero-order chi connectivity index (χ0) is 23.4. The van der Waals surface area contributed by atoms with Crippen LogP contribution in [0.25, 0.3) is 0 Å². The van der Waals surface area contributed by atoms with Crippen molar-refractivity contribution in [3.8, 4) is 0 Å². The molecule has 0 saturated heterocycles. The minimum Gasteiger partial charge on any atom is -0.388 e. The third kappa shape index (κ3) is 6.31. The Kier molecular flexibility index (Phi) is 7.89. The van der Waals surface area contributed by atoms with Gasteiger partial charge in [-0.2, -0.15) is 0 Å². The number of alkyl halides is 1. The summed E-state index contributed by atoms with van der Waals surface area (Å²) < 4.78 is 0. The molecule has 8 heteroatoms. The number of allylic oxidation sites excluding steroid dienone is 3. The molecule has 1 fully saturated rings. The van der Waals surface area contributed by atoms with Crippen molar-refractivity contribution in [2.75, 3.05) is 13.6 Å². The van der Waals surface area contributed by atoms with E-state index in [2.05, 4.69) is 22.5 Å². The molecule has 2 aliphatic rings. The van der Waals surface area contributed by atoms with Gasteiger partial charge in [0.05, 0.1) is 10.8 Å². The highest BCUT2D eigenvalue weighted by Gasteiger charge is 2.47. The number of hydrogen-bond acceptors (Lipinski definition) is 5. The van der Waals surface area contributed by atoms with E-state index in [1.807, 2.05) is 13.0 Å². The lowest BCUT2D eigenvalue weighted by Gasteiger charge is -2.29. The maximum atomic E-state index is 13.2. The van der Waals surface area contributed by atoms with Crippen LogP contribution in [-0.2, 0) is 9.59 Å². The van der Waals surface area contributed by atoms with Gasteiger partial charge in [0, 0.05) is 36.8 Å². The van der Waals surface area contributed by atoms with Crippen LogP contribution in [0.15, 0.2) is 47.3 Å². The molecule has 7 nitrogen and oxygen atoms in total. The van der Waals surface area contributed by atoms with Gasteiger partial charge in [-0.25, -0.2) is 0 Å². The van der Waals surface area contributed by atoms with E-state index in [9.17, 15) is 14.7 Å². The van der Waals surface area contributed by atoms with Crippen LogP contribution in [0.3, 0.4) is 0 Å². The first kappa shape index (κ1) is 24.9. The normalized spacial score (nSPS) is 21.5. The predicted molar refractivity (Wildman–Crippen MR) is 124 cm³/mol. The van der Waals surface area contributed by atoms with Gasteiger partial charge in [-0.05, 0) is 44.6 Å². The maximum Gasteiger partial charge on any atom is 0.252 e. The highest BCUT2D eigenvalue weighted by Crippen LogP contribution is 2.35. The van der Waals surface area contributed by atoms with Crippen molar-refractivity contribution in [1.82, 2.24) is 16.0 Å². The number of amides is 2. The molecule has 31 heavy (non-hydrogen) atoms. The zero-order valence-corrected chi connectivity index (χ0v) is 19.4. The molecule has 0 aromatic carbocycles. The van der Waals surface area contributed by atoms with E-state index < -0.39 is 22.3 Å². The summed E-state index contributed by atoms with van der Waals surface area (Å²) in [6, 6.07) is 0. The lowest BCUT2D eigenvalue weighted by Crippen LogP contribution is -2.41. The monoisotopic (exact) mass is 448 g/mol. The second kappa shape index (κ2) is 9.83. The van der Waals surface area contributed by atoms with Gasteiger partial charge in [0.1, 0.15) is 5.60 Å². The molecule has 2 rings (SSSR count). The number of carbonyl (C=O) groups is 2. The number of halogens is 1. The largest absolute Gasteiger partial charge is 0.388 e. The maximum absolute atomic E-state index is 13.2. The molecule has 1 saturated carbocycles. The molecule has 2 unspecified atom stereocenters. The second-order valence-corrected chi connectivity index (χ2v) is 9.71.